The molecule has 1 aromatic heterocycles. The number of nitrogens with one attached hydrogen (secondary N) is 1. The predicted octanol–water partition coefficient (Wildman–Crippen LogP) is 4.43. The van der Waals surface area contributed by atoms with Crippen LogP contribution in [0.5, 0.6) is 0 Å². The van der Waals surface area contributed by atoms with Gasteiger partial charge in [-0.15, -0.1) is 0 Å². The normalized spacial score (nSPS) is 14.1. The van der Waals surface area contributed by atoms with E-state index in [0.717, 1.165) is 36.5 Å². The van der Waals surface area contributed by atoms with Crippen LogP contribution in [0.25, 0.3) is 10.9 Å². The highest BCUT2D eigenvalue weighted by Gasteiger charge is 2.20. The molecule has 0 spiro atoms. The lowest BCUT2D eigenvalue weighted by molar-refractivity contribution is 0.552. The van der Waals surface area contributed by atoms with Gasteiger partial charge in [0.2, 0.25) is 0 Å². The first-order valence-electron chi connectivity index (χ1n) is 7.87. The molecule has 3 rings (SSSR count). The second-order valence-corrected chi connectivity index (χ2v) is 6.95. The standard InChI is InChI=1S/C18H23ClN2/c1-11(2)9-20-10-16-14-5-4-6-17(14)21-18-12(3)7-13(19)8-15(16)18/h7-8,11,20H,4-6,9-10H2,1-3H3. The van der Waals surface area contributed by atoms with Crippen molar-refractivity contribution in [2.24, 2.45) is 5.92 Å². The zero-order valence-corrected chi connectivity index (χ0v) is 13.8. The van der Waals surface area contributed by atoms with Gasteiger partial charge in [0, 0.05) is 22.6 Å². The predicted molar refractivity (Wildman–Crippen MR) is 90.1 cm³/mol. The molecule has 0 amide bonds. The molecule has 1 aromatic carbocycles. The Bertz CT molecular complexity index is 677. The minimum atomic E-state index is 0.663. The van der Waals surface area contributed by atoms with Gasteiger partial charge >= 0.3 is 0 Å². The molecule has 0 saturated carbocycles. The Kier molecular flexibility index (Phi) is 4.19. The van der Waals surface area contributed by atoms with E-state index in [2.05, 4.69) is 32.2 Å². The third-order valence-corrected chi connectivity index (χ3v) is 4.46. The van der Waals surface area contributed by atoms with Crippen molar-refractivity contribution in [3.05, 3.63) is 39.5 Å². The molecule has 0 unspecified atom stereocenters. The summed E-state index contributed by atoms with van der Waals surface area (Å²) in [6.07, 6.45) is 3.50. The van der Waals surface area contributed by atoms with Crippen LogP contribution in [0, 0.1) is 12.8 Å². The lowest BCUT2D eigenvalue weighted by Gasteiger charge is -2.16. The smallest absolute Gasteiger partial charge is 0.0738 e. The average molecular weight is 303 g/mol. The number of benzene rings is 1. The fourth-order valence-electron chi connectivity index (χ4n) is 3.28. The Morgan fingerprint density at radius 3 is 2.86 bits per heavy atom. The van der Waals surface area contributed by atoms with Crippen LogP contribution < -0.4 is 5.32 Å². The maximum absolute atomic E-state index is 6.28. The van der Waals surface area contributed by atoms with Crippen molar-refractivity contribution in [1.29, 1.82) is 0 Å². The van der Waals surface area contributed by atoms with Gasteiger partial charge in [-0.25, -0.2) is 0 Å². The van der Waals surface area contributed by atoms with Gasteiger partial charge in [-0.3, -0.25) is 4.98 Å². The first-order valence-corrected chi connectivity index (χ1v) is 8.25. The van der Waals surface area contributed by atoms with Gasteiger partial charge in [0.15, 0.2) is 0 Å². The molecule has 21 heavy (non-hydrogen) atoms. The number of pyridine rings is 1. The van der Waals surface area contributed by atoms with Gasteiger partial charge in [-0.05, 0) is 67.5 Å². The minimum absolute atomic E-state index is 0.663. The SMILES string of the molecule is Cc1cc(Cl)cc2c(CNCC(C)C)c3c(nc12)CCC3. The summed E-state index contributed by atoms with van der Waals surface area (Å²) in [7, 11) is 0. The summed E-state index contributed by atoms with van der Waals surface area (Å²) in [5, 5.41) is 5.63. The van der Waals surface area contributed by atoms with Gasteiger partial charge in [0.1, 0.15) is 0 Å². The Balaban J connectivity index is 2.10. The van der Waals surface area contributed by atoms with E-state index in [1.165, 1.54) is 34.2 Å². The van der Waals surface area contributed by atoms with E-state index in [1.54, 1.807) is 0 Å². The van der Waals surface area contributed by atoms with Crippen molar-refractivity contribution in [1.82, 2.24) is 10.3 Å². The number of aryl methyl sites for hydroxylation is 2. The Morgan fingerprint density at radius 2 is 2.10 bits per heavy atom. The van der Waals surface area contributed by atoms with Crippen LogP contribution in [0.15, 0.2) is 12.1 Å². The summed E-state index contributed by atoms with van der Waals surface area (Å²) in [4.78, 5) is 4.91. The molecule has 1 heterocycles. The summed E-state index contributed by atoms with van der Waals surface area (Å²) in [6, 6.07) is 4.10. The fraction of sp³-hybridized carbons (Fsp3) is 0.500. The van der Waals surface area contributed by atoms with Crippen molar-refractivity contribution in [3.8, 4) is 0 Å². The summed E-state index contributed by atoms with van der Waals surface area (Å²) in [5.74, 6) is 0.663. The quantitative estimate of drug-likeness (QED) is 0.903. The molecule has 2 aromatic rings. The van der Waals surface area contributed by atoms with E-state index in [9.17, 15) is 0 Å². The van der Waals surface area contributed by atoms with Gasteiger partial charge in [0.05, 0.1) is 5.52 Å². The van der Waals surface area contributed by atoms with E-state index < -0.39 is 0 Å². The first kappa shape index (κ1) is 14.8. The van der Waals surface area contributed by atoms with Crippen LogP contribution in [0.1, 0.15) is 42.7 Å². The molecular weight excluding hydrogens is 280 g/mol. The molecule has 0 radical (unpaired) electrons. The van der Waals surface area contributed by atoms with Crippen molar-refractivity contribution in [2.75, 3.05) is 6.54 Å². The largest absolute Gasteiger partial charge is 0.312 e. The highest BCUT2D eigenvalue weighted by atomic mass is 35.5. The molecule has 2 nitrogen and oxygen atoms in total. The van der Waals surface area contributed by atoms with Crippen molar-refractivity contribution < 1.29 is 0 Å². The zero-order valence-electron chi connectivity index (χ0n) is 13.1. The van der Waals surface area contributed by atoms with Crippen LogP contribution in [0.2, 0.25) is 5.02 Å². The molecule has 3 heteroatoms. The van der Waals surface area contributed by atoms with E-state index in [1.807, 2.05) is 6.07 Å². The number of nitrogens with zero attached hydrogens (tertiary/aromatic N) is 1. The topological polar surface area (TPSA) is 24.9 Å². The lowest BCUT2D eigenvalue weighted by Crippen LogP contribution is -2.20. The van der Waals surface area contributed by atoms with Crippen molar-refractivity contribution >= 4 is 22.5 Å². The fourth-order valence-corrected chi connectivity index (χ4v) is 3.55. The van der Waals surface area contributed by atoms with Crippen LogP contribution in [-0.2, 0) is 19.4 Å². The molecule has 0 bridgehead atoms. The van der Waals surface area contributed by atoms with Gasteiger partial charge in [-0.2, -0.15) is 0 Å². The average Bonchev–Trinajstić information content (AvgIpc) is 2.86. The summed E-state index contributed by atoms with van der Waals surface area (Å²) < 4.78 is 0. The summed E-state index contributed by atoms with van der Waals surface area (Å²) >= 11 is 6.28. The molecule has 1 aliphatic rings. The Labute approximate surface area is 131 Å². The van der Waals surface area contributed by atoms with Gasteiger partial charge in [-0.1, -0.05) is 25.4 Å². The number of halogens is 1. The molecule has 112 valence electrons. The molecular formula is C18H23ClN2. The molecule has 0 atom stereocenters. The van der Waals surface area contributed by atoms with Crippen molar-refractivity contribution in [3.63, 3.8) is 0 Å². The highest BCUT2D eigenvalue weighted by molar-refractivity contribution is 6.31. The first-order chi connectivity index (χ1) is 10.1. The van der Waals surface area contributed by atoms with Crippen LogP contribution in [-0.4, -0.2) is 11.5 Å². The minimum Gasteiger partial charge on any atom is -0.312 e. The van der Waals surface area contributed by atoms with Crippen LogP contribution >= 0.6 is 11.6 Å². The lowest BCUT2D eigenvalue weighted by atomic mass is 9.99. The van der Waals surface area contributed by atoms with Crippen molar-refractivity contribution in [2.45, 2.75) is 46.6 Å². The number of rotatable bonds is 4. The van der Waals surface area contributed by atoms with Gasteiger partial charge in [0.25, 0.3) is 0 Å². The Hall–Kier alpha value is -1.12. The molecule has 0 saturated heterocycles. The summed E-state index contributed by atoms with van der Waals surface area (Å²) in [5.41, 5.74) is 6.48. The van der Waals surface area contributed by atoms with Gasteiger partial charge < -0.3 is 5.32 Å². The van der Waals surface area contributed by atoms with E-state index in [-0.39, 0.29) is 0 Å². The molecule has 1 aliphatic carbocycles. The number of hydrogen-bond donors (Lipinski definition) is 1. The maximum Gasteiger partial charge on any atom is 0.0738 e. The van der Waals surface area contributed by atoms with E-state index in [0.29, 0.717) is 5.92 Å². The monoisotopic (exact) mass is 302 g/mol. The molecule has 0 aliphatic heterocycles. The summed E-state index contributed by atoms with van der Waals surface area (Å²) in [6.45, 7) is 8.54. The van der Waals surface area contributed by atoms with Crippen LogP contribution in [0.3, 0.4) is 0 Å². The maximum atomic E-state index is 6.28. The second kappa shape index (κ2) is 5.94. The zero-order chi connectivity index (χ0) is 15.0. The Morgan fingerprint density at radius 1 is 1.29 bits per heavy atom. The van der Waals surface area contributed by atoms with E-state index >= 15 is 0 Å². The third kappa shape index (κ3) is 2.93. The highest BCUT2D eigenvalue weighted by Crippen LogP contribution is 2.33. The molecule has 1 N–H and O–H groups in total. The third-order valence-electron chi connectivity index (χ3n) is 4.24. The number of fused-ring (bicyclic) bond motifs is 2. The van der Waals surface area contributed by atoms with E-state index in [4.69, 9.17) is 16.6 Å². The molecule has 0 fully saturated rings. The number of hydrogen-bond acceptors (Lipinski definition) is 2. The number of aromatic nitrogens is 1. The van der Waals surface area contributed by atoms with Crippen LogP contribution in [0.4, 0.5) is 0 Å². The second-order valence-electron chi connectivity index (χ2n) is 6.51.